The SMILES string of the molecule is CC1(C)c2ccccc2-c2c(-c3c4ccccc4c(-c4ccc5oc6ccccc6c5c4)c4ccccc34)cc3sc4ccc5ccccc5c4c3c21. The van der Waals surface area contributed by atoms with Gasteiger partial charge in [-0.3, -0.25) is 0 Å². The highest BCUT2D eigenvalue weighted by Crippen LogP contribution is 2.59. The van der Waals surface area contributed by atoms with E-state index < -0.39 is 0 Å². The molecule has 0 bridgehead atoms. The molecule has 12 rings (SSSR count). The standard InChI is InChI=1S/C51H32OS/c1-51(2)40-21-11-9-20-37(40)47-39(28-44-49(50(47)51)48-31-14-4-3-13-29(31)24-26-43(48)53-44)46-35-18-7-5-16-33(35)45(34-17-6-8-19-36(34)46)30-23-25-42-38(27-30)32-15-10-12-22-41(32)52-42/h3-28H,1-2H3. The molecular weight excluding hydrogens is 661 g/mol. The first-order chi connectivity index (χ1) is 26.1. The molecule has 53 heavy (non-hydrogen) atoms. The van der Waals surface area contributed by atoms with Crippen LogP contribution in [-0.2, 0) is 5.41 Å². The van der Waals surface area contributed by atoms with Gasteiger partial charge >= 0.3 is 0 Å². The van der Waals surface area contributed by atoms with Crippen molar-refractivity contribution in [3.05, 3.63) is 169 Å². The molecule has 0 saturated heterocycles. The molecule has 2 heterocycles. The van der Waals surface area contributed by atoms with Gasteiger partial charge in [0.2, 0.25) is 0 Å². The van der Waals surface area contributed by atoms with E-state index in [9.17, 15) is 0 Å². The molecule has 2 aromatic heterocycles. The molecule has 0 atom stereocenters. The Morgan fingerprint density at radius 2 is 1.06 bits per heavy atom. The van der Waals surface area contributed by atoms with Crippen molar-refractivity contribution in [2.75, 3.05) is 0 Å². The summed E-state index contributed by atoms with van der Waals surface area (Å²) in [6.45, 7) is 4.87. The van der Waals surface area contributed by atoms with Gasteiger partial charge in [-0.05, 0) is 107 Å². The second-order valence-corrected chi connectivity index (χ2v) is 16.2. The molecule has 9 aromatic carbocycles. The summed E-state index contributed by atoms with van der Waals surface area (Å²) < 4.78 is 8.96. The van der Waals surface area contributed by atoms with E-state index in [0.717, 1.165) is 21.9 Å². The topological polar surface area (TPSA) is 13.1 Å². The summed E-state index contributed by atoms with van der Waals surface area (Å²) in [7, 11) is 0. The van der Waals surface area contributed by atoms with Gasteiger partial charge in [-0.1, -0.05) is 141 Å². The summed E-state index contributed by atoms with van der Waals surface area (Å²) >= 11 is 1.94. The van der Waals surface area contributed by atoms with Crippen LogP contribution in [0.15, 0.2) is 162 Å². The van der Waals surface area contributed by atoms with E-state index in [-0.39, 0.29) is 5.41 Å². The second kappa shape index (κ2) is 10.4. The van der Waals surface area contributed by atoms with Crippen molar-refractivity contribution in [3.63, 3.8) is 0 Å². The minimum Gasteiger partial charge on any atom is -0.456 e. The Morgan fingerprint density at radius 3 is 1.83 bits per heavy atom. The van der Waals surface area contributed by atoms with Gasteiger partial charge in [0.1, 0.15) is 11.2 Å². The molecule has 0 radical (unpaired) electrons. The van der Waals surface area contributed by atoms with Crippen LogP contribution >= 0.6 is 11.3 Å². The van der Waals surface area contributed by atoms with Crippen LogP contribution in [0.25, 0.3) is 108 Å². The predicted molar refractivity (Wildman–Crippen MR) is 228 cm³/mol. The average Bonchev–Trinajstić information content (AvgIpc) is 3.84. The highest BCUT2D eigenvalue weighted by Gasteiger charge is 2.40. The van der Waals surface area contributed by atoms with E-state index in [0.29, 0.717) is 0 Å². The average molecular weight is 693 g/mol. The summed E-state index contributed by atoms with van der Waals surface area (Å²) in [5, 5.41) is 12.8. The van der Waals surface area contributed by atoms with Crippen LogP contribution in [0.2, 0.25) is 0 Å². The lowest BCUT2D eigenvalue weighted by atomic mass is 9.78. The van der Waals surface area contributed by atoms with Crippen molar-refractivity contribution in [2.24, 2.45) is 0 Å². The smallest absolute Gasteiger partial charge is 0.135 e. The lowest BCUT2D eigenvalue weighted by Crippen LogP contribution is -2.15. The molecule has 0 spiro atoms. The largest absolute Gasteiger partial charge is 0.456 e. The van der Waals surface area contributed by atoms with Gasteiger partial charge in [-0.25, -0.2) is 0 Å². The molecule has 11 aromatic rings. The first-order valence-electron chi connectivity index (χ1n) is 18.4. The summed E-state index contributed by atoms with van der Waals surface area (Å²) in [5.41, 5.74) is 12.3. The summed E-state index contributed by atoms with van der Waals surface area (Å²) in [4.78, 5) is 0. The molecule has 248 valence electrons. The van der Waals surface area contributed by atoms with Crippen LogP contribution in [0.4, 0.5) is 0 Å². The van der Waals surface area contributed by atoms with Crippen molar-refractivity contribution in [1.29, 1.82) is 0 Å². The Morgan fingerprint density at radius 1 is 0.434 bits per heavy atom. The van der Waals surface area contributed by atoms with Crippen LogP contribution in [0.5, 0.6) is 0 Å². The molecule has 1 nitrogen and oxygen atoms in total. The van der Waals surface area contributed by atoms with E-state index >= 15 is 0 Å². The molecule has 0 fully saturated rings. The first kappa shape index (κ1) is 29.4. The molecule has 1 aliphatic carbocycles. The second-order valence-electron chi connectivity index (χ2n) is 15.1. The Hall–Kier alpha value is -6.22. The van der Waals surface area contributed by atoms with Crippen molar-refractivity contribution in [2.45, 2.75) is 19.3 Å². The van der Waals surface area contributed by atoms with Gasteiger partial charge in [0, 0.05) is 36.4 Å². The maximum Gasteiger partial charge on any atom is 0.135 e. The molecule has 0 amide bonds. The Kier molecular flexibility index (Phi) is 5.78. The van der Waals surface area contributed by atoms with Crippen LogP contribution in [0.3, 0.4) is 0 Å². The fourth-order valence-electron chi connectivity index (χ4n) is 9.79. The van der Waals surface area contributed by atoms with Gasteiger partial charge in [-0.2, -0.15) is 0 Å². The summed E-state index contributed by atoms with van der Waals surface area (Å²) in [6, 6.07) is 58.4. The number of para-hydroxylation sites is 1. The number of benzene rings is 9. The van der Waals surface area contributed by atoms with E-state index in [1.807, 2.05) is 17.4 Å². The van der Waals surface area contributed by atoms with Crippen molar-refractivity contribution in [3.8, 4) is 33.4 Å². The van der Waals surface area contributed by atoms with Gasteiger partial charge in [0.25, 0.3) is 0 Å². The molecule has 2 heteroatoms. The Bertz CT molecular complexity index is 3320. The minimum absolute atomic E-state index is 0.181. The van der Waals surface area contributed by atoms with Gasteiger partial charge < -0.3 is 4.42 Å². The quantitative estimate of drug-likeness (QED) is 0.164. The van der Waals surface area contributed by atoms with E-state index in [1.165, 1.54) is 97.0 Å². The number of hydrogen-bond donors (Lipinski definition) is 0. The lowest BCUT2D eigenvalue weighted by Gasteiger charge is -2.24. The molecule has 0 saturated carbocycles. The van der Waals surface area contributed by atoms with Crippen LogP contribution in [0.1, 0.15) is 25.0 Å². The monoisotopic (exact) mass is 692 g/mol. The third kappa shape index (κ3) is 3.86. The number of thiophene rings is 1. The van der Waals surface area contributed by atoms with Crippen LogP contribution in [0, 0.1) is 0 Å². The van der Waals surface area contributed by atoms with Gasteiger partial charge in [-0.15, -0.1) is 11.3 Å². The number of hydrogen-bond acceptors (Lipinski definition) is 2. The van der Waals surface area contributed by atoms with Gasteiger partial charge in [0.15, 0.2) is 0 Å². The Labute approximate surface area is 310 Å². The maximum absolute atomic E-state index is 6.26. The third-order valence-corrected chi connectivity index (χ3v) is 13.1. The zero-order valence-corrected chi connectivity index (χ0v) is 30.1. The highest BCUT2D eigenvalue weighted by atomic mass is 32.1. The van der Waals surface area contributed by atoms with Crippen LogP contribution < -0.4 is 0 Å². The fourth-order valence-corrected chi connectivity index (χ4v) is 11.0. The Balaban J connectivity index is 1.25. The van der Waals surface area contributed by atoms with Crippen molar-refractivity contribution < 1.29 is 4.42 Å². The predicted octanol–water partition coefficient (Wildman–Crippen LogP) is 15.1. The third-order valence-electron chi connectivity index (χ3n) is 12.0. The maximum atomic E-state index is 6.26. The lowest BCUT2D eigenvalue weighted by molar-refractivity contribution is 0.667. The van der Waals surface area contributed by atoms with E-state index in [1.54, 1.807) is 0 Å². The normalized spacial score (nSPS) is 13.6. The number of fused-ring (bicyclic) bond motifs is 14. The highest BCUT2D eigenvalue weighted by molar-refractivity contribution is 7.26. The van der Waals surface area contributed by atoms with Crippen LogP contribution in [-0.4, -0.2) is 0 Å². The minimum atomic E-state index is -0.181. The zero-order valence-electron chi connectivity index (χ0n) is 29.3. The summed E-state index contributed by atoms with van der Waals surface area (Å²) in [6.07, 6.45) is 0. The summed E-state index contributed by atoms with van der Waals surface area (Å²) in [5.74, 6) is 0. The number of furan rings is 1. The van der Waals surface area contributed by atoms with Crippen molar-refractivity contribution >= 4 is 85.8 Å². The molecule has 0 unspecified atom stereocenters. The fraction of sp³-hybridized carbons (Fsp3) is 0.0588. The molecule has 0 N–H and O–H groups in total. The van der Waals surface area contributed by atoms with E-state index in [4.69, 9.17) is 4.42 Å². The van der Waals surface area contributed by atoms with Gasteiger partial charge in [0.05, 0.1) is 0 Å². The molecule has 0 aliphatic heterocycles. The van der Waals surface area contributed by atoms with Crippen molar-refractivity contribution in [1.82, 2.24) is 0 Å². The first-order valence-corrected chi connectivity index (χ1v) is 19.2. The molecular formula is C51H32OS. The molecule has 1 aliphatic rings. The zero-order chi connectivity index (χ0) is 35.0. The van der Waals surface area contributed by atoms with E-state index in [2.05, 4.69) is 166 Å². The number of rotatable bonds is 2.